The third-order valence-corrected chi connectivity index (χ3v) is 4.16. The predicted molar refractivity (Wildman–Crippen MR) is 103 cm³/mol. The van der Waals surface area contributed by atoms with E-state index in [1.54, 1.807) is 19.9 Å². The van der Waals surface area contributed by atoms with Gasteiger partial charge in [0, 0.05) is 0 Å². The molecule has 0 spiro atoms. The molecule has 0 unspecified atom stereocenters. The molecule has 1 aromatic heterocycles. The summed E-state index contributed by atoms with van der Waals surface area (Å²) in [5, 5.41) is 4.02. The van der Waals surface area contributed by atoms with Gasteiger partial charge in [-0.05, 0) is 54.0 Å². The van der Waals surface area contributed by atoms with E-state index in [9.17, 15) is 26.3 Å². The molecule has 0 N–H and O–H groups in total. The number of hydrogen-bond acceptors (Lipinski definition) is 5. The molecule has 0 saturated heterocycles. The minimum Gasteiger partial charge on any atom is -0.453 e. The normalized spacial score (nSPS) is 12.2. The van der Waals surface area contributed by atoms with Crippen molar-refractivity contribution in [3.8, 4) is 29.0 Å². The van der Waals surface area contributed by atoms with Crippen LogP contribution < -0.4 is 14.2 Å². The van der Waals surface area contributed by atoms with Crippen LogP contribution in [0.1, 0.15) is 25.5 Å². The average Bonchev–Trinajstić information content (AvgIpc) is 3.03. The van der Waals surface area contributed by atoms with E-state index in [0.717, 1.165) is 6.07 Å². The van der Waals surface area contributed by atoms with E-state index in [-0.39, 0.29) is 22.5 Å². The number of hydrogen-bond donors (Lipinski definition) is 0. The minimum atomic E-state index is -5.37. The monoisotopic (exact) mass is 525 g/mol. The summed E-state index contributed by atoms with van der Waals surface area (Å²) in [6, 6.07) is 8.05. The van der Waals surface area contributed by atoms with Gasteiger partial charge in [0.05, 0.1) is 6.04 Å². The molecule has 3 rings (SSSR count). The second-order valence-corrected chi connectivity index (χ2v) is 7.24. The number of ether oxygens (including phenoxy) is 3. The highest BCUT2D eigenvalue weighted by Gasteiger charge is 2.44. The Morgan fingerprint density at radius 1 is 0.906 bits per heavy atom. The standard InChI is InChI=1S/C19H14BrF6N3O3/c1-10(2)29-17(27-16(20)28-29)31-13-9-8-12(32-19(24,25)26)14(18(21,22)23)15(13)30-11-6-4-3-5-7-11/h3-10H,1-2H3. The van der Waals surface area contributed by atoms with Crippen LogP contribution >= 0.6 is 15.9 Å². The number of nitrogens with zero attached hydrogens (tertiary/aromatic N) is 3. The summed E-state index contributed by atoms with van der Waals surface area (Å²) in [6.07, 6.45) is -10.6. The first-order valence-corrected chi connectivity index (χ1v) is 9.67. The van der Waals surface area contributed by atoms with E-state index >= 15 is 0 Å². The van der Waals surface area contributed by atoms with Gasteiger partial charge in [-0.15, -0.1) is 18.3 Å². The molecular weight excluding hydrogens is 512 g/mol. The molecule has 1 heterocycles. The minimum absolute atomic E-state index is 0.0708. The van der Waals surface area contributed by atoms with Crippen LogP contribution in [-0.2, 0) is 6.18 Å². The summed E-state index contributed by atoms with van der Waals surface area (Å²) < 4.78 is 95.8. The molecule has 0 aliphatic carbocycles. The summed E-state index contributed by atoms with van der Waals surface area (Å²) in [6.45, 7) is 3.44. The zero-order valence-corrected chi connectivity index (χ0v) is 17.9. The third kappa shape index (κ3) is 5.64. The fourth-order valence-electron chi connectivity index (χ4n) is 2.60. The zero-order valence-electron chi connectivity index (χ0n) is 16.3. The van der Waals surface area contributed by atoms with Crippen molar-refractivity contribution in [2.75, 3.05) is 0 Å². The Morgan fingerprint density at radius 2 is 1.53 bits per heavy atom. The van der Waals surface area contributed by atoms with Crippen LogP contribution in [0.2, 0.25) is 0 Å². The Kier molecular flexibility index (Phi) is 6.58. The van der Waals surface area contributed by atoms with Gasteiger partial charge in [0.25, 0.3) is 0 Å². The topological polar surface area (TPSA) is 58.4 Å². The van der Waals surface area contributed by atoms with Crippen LogP contribution in [0.25, 0.3) is 0 Å². The summed E-state index contributed by atoms with van der Waals surface area (Å²) in [7, 11) is 0. The largest absolute Gasteiger partial charge is 0.573 e. The van der Waals surface area contributed by atoms with Crippen LogP contribution in [0.15, 0.2) is 47.2 Å². The van der Waals surface area contributed by atoms with Gasteiger partial charge in [-0.2, -0.15) is 18.2 Å². The summed E-state index contributed by atoms with van der Waals surface area (Å²) in [4.78, 5) is 3.95. The third-order valence-electron chi connectivity index (χ3n) is 3.82. The molecule has 0 atom stereocenters. The Morgan fingerprint density at radius 3 is 2.09 bits per heavy atom. The molecule has 32 heavy (non-hydrogen) atoms. The van der Waals surface area contributed by atoms with Crippen LogP contribution in [0.4, 0.5) is 26.3 Å². The molecule has 0 fully saturated rings. The van der Waals surface area contributed by atoms with Crippen molar-refractivity contribution >= 4 is 15.9 Å². The number of rotatable bonds is 6. The second kappa shape index (κ2) is 8.88. The van der Waals surface area contributed by atoms with Crippen LogP contribution in [0, 0.1) is 0 Å². The van der Waals surface area contributed by atoms with Gasteiger partial charge in [0.15, 0.2) is 11.5 Å². The molecule has 0 radical (unpaired) electrons. The van der Waals surface area contributed by atoms with Crippen molar-refractivity contribution in [2.45, 2.75) is 32.4 Å². The quantitative estimate of drug-likeness (QED) is 0.320. The number of alkyl halides is 6. The van der Waals surface area contributed by atoms with E-state index < -0.39 is 35.4 Å². The first kappa shape index (κ1) is 23.7. The molecule has 0 amide bonds. The lowest BCUT2D eigenvalue weighted by atomic mass is 10.1. The predicted octanol–water partition coefficient (Wildman–Crippen LogP) is 7.12. The maximum atomic E-state index is 13.9. The Hall–Kier alpha value is -2.96. The molecule has 0 aliphatic rings. The summed E-state index contributed by atoms with van der Waals surface area (Å²) in [5.41, 5.74) is -1.80. The van der Waals surface area contributed by atoms with Gasteiger partial charge in [-0.1, -0.05) is 18.2 Å². The van der Waals surface area contributed by atoms with Crippen molar-refractivity contribution < 1.29 is 40.6 Å². The maximum absolute atomic E-state index is 13.9. The highest BCUT2D eigenvalue weighted by atomic mass is 79.9. The van der Waals surface area contributed by atoms with E-state index in [1.807, 2.05) is 0 Å². The maximum Gasteiger partial charge on any atom is 0.573 e. The lowest BCUT2D eigenvalue weighted by Crippen LogP contribution is -2.20. The molecule has 0 aliphatic heterocycles. The number of aromatic nitrogens is 3. The molecule has 0 saturated carbocycles. The number of halogens is 7. The van der Waals surface area contributed by atoms with Gasteiger partial charge in [0.2, 0.25) is 4.73 Å². The summed E-state index contributed by atoms with van der Waals surface area (Å²) in [5.74, 6) is -3.13. The van der Waals surface area contributed by atoms with Crippen molar-refractivity contribution in [2.24, 2.45) is 0 Å². The first-order valence-electron chi connectivity index (χ1n) is 8.88. The lowest BCUT2D eigenvalue weighted by Gasteiger charge is -2.21. The molecule has 2 aromatic carbocycles. The van der Waals surface area contributed by atoms with Gasteiger partial charge < -0.3 is 14.2 Å². The highest BCUT2D eigenvalue weighted by Crippen LogP contribution is 2.50. The van der Waals surface area contributed by atoms with Gasteiger partial charge in [-0.25, -0.2) is 4.68 Å². The second-order valence-electron chi connectivity index (χ2n) is 6.53. The van der Waals surface area contributed by atoms with Crippen molar-refractivity contribution in [3.05, 3.63) is 52.8 Å². The Bertz CT molecular complexity index is 1080. The molecule has 6 nitrogen and oxygen atoms in total. The number of benzene rings is 2. The van der Waals surface area contributed by atoms with Crippen molar-refractivity contribution in [1.82, 2.24) is 14.8 Å². The SMILES string of the molecule is CC(C)n1nc(Br)nc1Oc1ccc(OC(F)(F)F)c(C(F)(F)F)c1Oc1ccccc1. The fraction of sp³-hybridized carbons (Fsp3) is 0.263. The van der Waals surface area contributed by atoms with Crippen LogP contribution in [0.5, 0.6) is 29.0 Å². The van der Waals surface area contributed by atoms with E-state index in [1.165, 1.54) is 28.9 Å². The zero-order chi connectivity index (χ0) is 23.7. The summed E-state index contributed by atoms with van der Waals surface area (Å²) >= 11 is 3.05. The Labute approximate surface area is 185 Å². The van der Waals surface area contributed by atoms with Crippen LogP contribution in [0.3, 0.4) is 0 Å². The first-order chi connectivity index (χ1) is 14.8. The van der Waals surface area contributed by atoms with E-state index in [0.29, 0.717) is 6.07 Å². The van der Waals surface area contributed by atoms with Gasteiger partial charge in [-0.3, -0.25) is 0 Å². The van der Waals surface area contributed by atoms with E-state index in [2.05, 4.69) is 30.7 Å². The Balaban J connectivity index is 2.20. The van der Waals surface area contributed by atoms with Gasteiger partial charge >= 0.3 is 18.5 Å². The molecule has 172 valence electrons. The molecule has 13 heteroatoms. The smallest absolute Gasteiger partial charge is 0.453 e. The molecular formula is C19H14BrF6N3O3. The molecule has 0 bridgehead atoms. The number of para-hydroxylation sites is 1. The fourth-order valence-corrected chi connectivity index (χ4v) is 2.92. The lowest BCUT2D eigenvalue weighted by molar-refractivity contribution is -0.276. The van der Waals surface area contributed by atoms with Gasteiger partial charge in [0.1, 0.15) is 17.1 Å². The molecule has 3 aromatic rings. The average molecular weight is 526 g/mol. The van der Waals surface area contributed by atoms with Crippen molar-refractivity contribution in [3.63, 3.8) is 0 Å². The highest BCUT2D eigenvalue weighted by molar-refractivity contribution is 9.10. The van der Waals surface area contributed by atoms with E-state index in [4.69, 9.17) is 9.47 Å². The van der Waals surface area contributed by atoms with Crippen molar-refractivity contribution in [1.29, 1.82) is 0 Å². The van der Waals surface area contributed by atoms with Crippen LogP contribution in [-0.4, -0.2) is 21.1 Å².